The molecule has 0 radical (unpaired) electrons. The smallest absolute Gasteiger partial charge is 0.219 e. The molecule has 6 heteroatoms. The van der Waals surface area contributed by atoms with Crippen LogP contribution in [-0.2, 0) is 15.1 Å². The van der Waals surface area contributed by atoms with Gasteiger partial charge in [0.15, 0.2) is 11.6 Å². The minimum Gasteiger partial charge on any atom is -0.385 e. The lowest BCUT2D eigenvalue weighted by Gasteiger charge is -2.43. The van der Waals surface area contributed by atoms with Gasteiger partial charge in [0.2, 0.25) is 5.91 Å². The number of carbonyl (C=O) groups excluding carboxylic acids is 1. The summed E-state index contributed by atoms with van der Waals surface area (Å²) in [5.74, 6) is -1.98. The maximum atomic E-state index is 14.0. The van der Waals surface area contributed by atoms with Gasteiger partial charge in [-0.15, -0.1) is 0 Å². The van der Waals surface area contributed by atoms with Crippen molar-refractivity contribution in [3.05, 3.63) is 59.7 Å². The third-order valence-electron chi connectivity index (χ3n) is 6.32. The monoisotopic (exact) mass is 431 g/mol. The molecule has 2 aromatic carbocycles. The number of amides is 1. The van der Waals surface area contributed by atoms with Gasteiger partial charge in [-0.2, -0.15) is 0 Å². The van der Waals surface area contributed by atoms with Gasteiger partial charge in [0.05, 0.1) is 5.60 Å². The number of ether oxygens (including phenoxy) is 1. The fourth-order valence-electron chi connectivity index (χ4n) is 4.63. The average molecular weight is 432 g/mol. The van der Waals surface area contributed by atoms with E-state index in [1.807, 2.05) is 24.3 Å². The van der Waals surface area contributed by atoms with Crippen molar-refractivity contribution in [1.29, 1.82) is 0 Å². The first-order chi connectivity index (χ1) is 14.9. The van der Waals surface area contributed by atoms with Crippen molar-refractivity contribution in [3.8, 4) is 11.1 Å². The molecule has 0 unspecified atom stereocenters. The molecule has 0 bridgehead atoms. The fraction of sp³-hybridized carbons (Fsp3) is 0.480. The molecule has 3 rings (SSSR count). The zero-order valence-corrected chi connectivity index (χ0v) is 18.2. The molecule has 0 spiro atoms. The second-order valence-electron chi connectivity index (χ2n) is 8.35. The van der Waals surface area contributed by atoms with E-state index in [-0.39, 0.29) is 11.8 Å². The van der Waals surface area contributed by atoms with Crippen LogP contribution < -0.4 is 0 Å². The van der Waals surface area contributed by atoms with Gasteiger partial charge in [0, 0.05) is 39.6 Å². The highest BCUT2D eigenvalue weighted by molar-refractivity contribution is 5.73. The molecule has 1 N–H and O–H groups in total. The van der Waals surface area contributed by atoms with Gasteiger partial charge in [-0.05, 0) is 60.9 Å². The van der Waals surface area contributed by atoms with Crippen LogP contribution in [0.25, 0.3) is 11.1 Å². The van der Waals surface area contributed by atoms with E-state index < -0.39 is 17.2 Å². The summed E-state index contributed by atoms with van der Waals surface area (Å²) in [7, 11) is 1.65. The van der Waals surface area contributed by atoms with Crippen molar-refractivity contribution in [2.75, 3.05) is 26.8 Å². The molecule has 0 aliphatic carbocycles. The third-order valence-corrected chi connectivity index (χ3v) is 6.32. The van der Waals surface area contributed by atoms with Crippen LogP contribution in [-0.4, -0.2) is 42.7 Å². The SMILES string of the molecule is COCCCC[C@@](O)(c1ccccc1-c1ccc(F)c(F)c1)[C@@H]1CCCN(C(C)=O)C1. The van der Waals surface area contributed by atoms with Crippen molar-refractivity contribution in [3.63, 3.8) is 0 Å². The summed E-state index contributed by atoms with van der Waals surface area (Å²) in [6.45, 7) is 3.32. The molecular weight excluding hydrogens is 400 g/mol. The number of rotatable bonds is 8. The second kappa shape index (κ2) is 10.3. The van der Waals surface area contributed by atoms with Gasteiger partial charge >= 0.3 is 0 Å². The van der Waals surface area contributed by atoms with Gasteiger partial charge in [-0.1, -0.05) is 30.3 Å². The third kappa shape index (κ3) is 5.31. The Kier molecular flexibility index (Phi) is 7.79. The van der Waals surface area contributed by atoms with Crippen LogP contribution in [0.2, 0.25) is 0 Å². The number of likely N-dealkylation sites (tertiary alicyclic amines) is 1. The predicted octanol–water partition coefficient (Wildman–Crippen LogP) is 4.89. The maximum Gasteiger partial charge on any atom is 0.219 e. The summed E-state index contributed by atoms with van der Waals surface area (Å²) in [6, 6.07) is 11.2. The van der Waals surface area contributed by atoms with Crippen LogP contribution in [0.5, 0.6) is 0 Å². The van der Waals surface area contributed by atoms with Gasteiger partial charge in [0.1, 0.15) is 0 Å². The molecule has 4 nitrogen and oxygen atoms in total. The number of methoxy groups -OCH3 is 1. The van der Waals surface area contributed by atoms with E-state index in [1.165, 1.54) is 12.1 Å². The summed E-state index contributed by atoms with van der Waals surface area (Å²) in [6.07, 6.45) is 3.64. The average Bonchev–Trinajstić information content (AvgIpc) is 2.78. The standard InChI is InChI=1S/C25H31F2NO3/c1-18(29)28-14-7-8-20(17-28)25(30,13-5-6-15-31-2)22-10-4-3-9-21(22)19-11-12-23(26)24(27)16-19/h3-4,9-12,16,20,30H,5-8,13-15,17H2,1-2H3/t20-,25+/m1/s1. The molecule has 1 saturated heterocycles. The number of carbonyl (C=O) groups is 1. The highest BCUT2D eigenvalue weighted by Crippen LogP contribution is 2.43. The van der Waals surface area contributed by atoms with Crippen LogP contribution in [0.1, 0.15) is 44.6 Å². The molecule has 0 aromatic heterocycles. The Hall–Kier alpha value is -2.31. The molecule has 1 aliphatic rings. The lowest BCUT2D eigenvalue weighted by Crippen LogP contribution is -2.47. The number of hydrogen-bond donors (Lipinski definition) is 1. The van der Waals surface area contributed by atoms with Crippen molar-refractivity contribution in [2.45, 2.75) is 44.6 Å². The van der Waals surface area contributed by atoms with Crippen molar-refractivity contribution in [1.82, 2.24) is 4.90 Å². The Bertz CT molecular complexity index is 904. The molecule has 1 amide bonds. The van der Waals surface area contributed by atoms with Crippen LogP contribution in [0.4, 0.5) is 8.78 Å². The van der Waals surface area contributed by atoms with Gasteiger partial charge in [-0.25, -0.2) is 8.78 Å². The molecule has 1 fully saturated rings. The quantitative estimate of drug-likeness (QED) is 0.605. The molecule has 1 heterocycles. The molecule has 168 valence electrons. The Morgan fingerprint density at radius 3 is 2.68 bits per heavy atom. The maximum absolute atomic E-state index is 14.0. The minimum absolute atomic E-state index is 0.000300. The Morgan fingerprint density at radius 2 is 1.97 bits per heavy atom. The lowest BCUT2D eigenvalue weighted by molar-refractivity contribution is -0.134. The lowest BCUT2D eigenvalue weighted by atomic mass is 9.72. The van der Waals surface area contributed by atoms with Crippen LogP contribution in [0, 0.1) is 17.6 Å². The van der Waals surface area contributed by atoms with E-state index in [0.29, 0.717) is 42.8 Å². The zero-order chi connectivity index (χ0) is 22.4. The first-order valence-electron chi connectivity index (χ1n) is 10.9. The van der Waals surface area contributed by atoms with Gasteiger partial charge in [0.25, 0.3) is 0 Å². The number of aliphatic hydroxyl groups is 1. The molecule has 1 aliphatic heterocycles. The van der Waals surface area contributed by atoms with E-state index in [4.69, 9.17) is 4.74 Å². The van der Waals surface area contributed by atoms with Crippen LogP contribution >= 0.6 is 0 Å². The van der Waals surface area contributed by atoms with Gasteiger partial charge < -0.3 is 14.7 Å². The van der Waals surface area contributed by atoms with E-state index in [1.54, 1.807) is 18.9 Å². The van der Waals surface area contributed by atoms with Crippen LogP contribution in [0.3, 0.4) is 0 Å². The molecular formula is C25H31F2NO3. The Balaban J connectivity index is 2.03. The predicted molar refractivity (Wildman–Crippen MR) is 116 cm³/mol. The number of hydrogen-bond acceptors (Lipinski definition) is 3. The number of piperidine rings is 1. The minimum atomic E-state index is -1.21. The van der Waals surface area contributed by atoms with E-state index in [9.17, 15) is 18.7 Å². The van der Waals surface area contributed by atoms with E-state index >= 15 is 0 Å². The van der Waals surface area contributed by atoms with Crippen LogP contribution in [0.15, 0.2) is 42.5 Å². The summed E-state index contributed by atoms with van der Waals surface area (Å²) < 4.78 is 32.7. The number of halogens is 2. The molecule has 2 atom stereocenters. The molecule has 2 aromatic rings. The van der Waals surface area contributed by atoms with E-state index in [2.05, 4.69) is 0 Å². The van der Waals surface area contributed by atoms with E-state index in [0.717, 1.165) is 31.7 Å². The fourth-order valence-corrected chi connectivity index (χ4v) is 4.63. The highest BCUT2D eigenvalue weighted by Gasteiger charge is 2.42. The summed E-state index contributed by atoms with van der Waals surface area (Å²) in [5, 5.41) is 12.1. The topological polar surface area (TPSA) is 49.8 Å². The first-order valence-corrected chi connectivity index (χ1v) is 10.9. The Morgan fingerprint density at radius 1 is 1.19 bits per heavy atom. The molecule has 0 saturated carbocycles. The normalized spacial score (nSPS) is 18.6. The van der Waals surface area contributed by atoms with Gasteiger partial charge in [-0.3, -0.25) is 4.79 Å². The molecule has 31 heavy (non-hydrogen) atoms. The largest absolute Gasteiger partial charge is 0.385 e. The summed E-state index contributed by atoms with van der Waals surface area (Å²) >= 11 is 0. The Labute approximate surface area is 182 Å². The zero-order valence-electron chi connectivity index (χ0n) is 18.2. The van der Waals surface area contributed by atoms with Crippen molar-refractivity contribution >= 4 is 5.91 Å². The summed E-state index contributed by atoms with van der Waals surface area (Å²) in [4.78, 5) is 13.8. The number of unbranched alkanes of at least 4 members (excludes halogenated alkanes) is 1. The summed E-state index contributed by atoms with van der Waals surface area (Å²) in [5.41, 5.74) is 0.678. The first kappa shape index (κ1) is 23.4. The second-order valence-corrected chi connectivity index (χ2v) is 8.35. The number of nitrogens with zero attached hydrogens (tertiary/aromatic N) is 1. The number of benzene rings is 2. The van der Waals surface area contributed by atoms with Crippen molar-refractivity contribution in [2.24, 2.45) is 5.92 Å². The van der Waals surface area contributed by atoms with Crippen molar-refractivity contribution < 1.29 is 23.4 Å². The highest BCUT2D eigenvalue weighted by atomic mass is 19.2.